The molecule has 1 amide bonds. The first-order valence-corrected chi connectivity index (χ1v) is 6.88. The van der Waals surface area contributed by atoms with Crippen LogP contribution < -0.4 is 5.73 Å². The van der Waals surface area contributed by atoms with Crippen LogP contribution in [-0.4, -0.2) is 28.5 Å². The maximum Gasteiger partial charge on any atom is 0.242 e. The number of fused-ring (bicyclic) bond motifs is 1. The van der Waals surface area contributed by atoms with Crippen molar-refractivity contribution in [2.24, 2.45) is 5.73 Å². The Morgan fingerprint density at radius 2 is 2.22 bits per heavy atom. The predicted molar refractivity (Wildman–Crippen MR) is 72.2 cm³/mol. The van der Waals surface area contributed by atoms with Crippen LogP contribution in [0.15, 0.2) is 12.3 Å². The maximum atomic E-state index is 12.1. The molecule has 18 heavy (non-hydrogen) atoms. The fourth-order valence-corrected chi connectivity index (χ4v) is 2.76. The standard InChI is InChI=1S/C14H23N3O/c1-3-16(4-2)14(18)10-17-9-8-11-12(15)6-5-7-13(11)17/h8-9,12H,3-7,10,15H2,1-2H3. The minimum Gasteiger partial charge on any atom is -0.342 e. The van der Waals surface area contributed by atoms with E-state index < -0.39 is 0 Å². The van der Waals surface area contributed by atoms with E-state index in [1.54, 1.807) is 0 Å². The second-order valence-corrected chi connectivity index (χ2v) is 4.91. The molecule has 1 aromatic heterocycles. The highest BCUT2D eigenvalue weighted by Crippen LogP contribution is 2.28. The Balaban J connectivity index is 2.13. The molecule has 1 aromatic rings. The Morgan fingerprint density at radius 3 is 2.89 bits per heavy atom. The number of aromatic nitrogens is 1. The molecule has 1 aliphatic carbocycles. The van der Waals surface area contributed by atoms with Crippen molar-refractivity contribution in [1.29, 1.82) is 0 Å². The van der Waals surface area contributed by atoms with Crippen molar-refractivity contribution in [1.82, 2.24) is 9.47 Å². The Labute approximate surface area is 109 Å². The van der Waals surface area contributed by atoms with Crippen LogP contribution in [0, 0.1) is 0 Å². The molecule has 2 N–H and O–H groups in total. The van der Waals surface area contributed by atoms with Gasteiger partial charge in [-0.15, -0.1) is 0 Å². The minimum absolute atomic E-state index is 0.151. The molecule has 0 aromatic carbocycles. The fraction of sp³-hybridized carbons (Fsp3) is 0.643. The lowest BCUT2D eigenvalue weighted by Gasteiger charge is -2.23. The summed E-state index contributed by atoms with van der Waals surface area (Å²) in [7, 11) is 0. The highest BCUT2D eigenvalue weighted by molar-refractivity contribution is 5.76. The summed E-state index contributed by atoms with van der Waals surface area (Å²) < 4.78 is 2.08. The molecule has 0 saturated carbocycles. The second kappa shape index (κ2) is 5.57. The number of nitrogens with two attached hydrogens (primary N) is 1. The molecule has 1 aliphatic rings. The molecule has 0 aliphatic heterocycles. The van der Waals surface area contributed by atoms with E-state index in [0.717, 1.165) is 32.4 Å². The number of nitrogens with zero attached hydrogens (tertiary/aromatic N) is 2. The molecule has 0 fully saturated rings. The molecule has 1 heterocycles. The normalized spacial score (nSPS) is 18.5. The van der Waals surface area contributed by atoms with Gasteiger partial charge in [-0.05, 0) is 44.7 Å². The van der Waals surface area contributed by atoms with Crippen molar-refractivity contribution >= 4 is 5.91 Å². The van der Waals surface area contributed by atoms with E-state index in [9.17, 15) is 4.79 Å². The zero-order valence-corrected chi connectivity index (χ0v) is 11.4. The number of rotatable bonds is 4. The highest BCUT2D eigenvalue weighted by Gasteiger charge is 2.21. The van der Waals surface area contributed by atoms with Gasteiger partial charge in [0.05, 0.1) is 0 Å². The van der Waals surface area contributed by atoms with Gasteiger partial charge >= 0.3 is 0 Å². The third-order valence-electron chi connectivity index (χ3n) is 3.86. The number of likely N-dealkylation sites (N-methyl/N-ethyl adjacent to an activating group) is 1. The zero-order valence-electron chi connectivity index (χ0n) is 11.4. The molecule has 0 bridgehead atoms. The van der Waals surface area contributed by atoms with Crippen LogP contribution in [0.25, 0.3) is 0 Å². The van der Waals surface area contributed by atoms with E-state index in [4.69, 9.17) is 5.73 Å². The third kappa shape index (κ3) is 2.43. The van der Waals surface area contributed by atoms with Gasteiger partial charge in [-0.2, -0.15) is 0 Å². The summed E-state index contributed by atoms with van der Waals surface area (Å²) in [5.41, 5.74) is 8.58. The zero-order chi connectivity index (χ0) is 13.1. The van der Waals surface area contributed by atoms with E-state index in [-0.39, 0.29) is 11.9 Å². The first-order valence-electron chi connectivity index (χ1n) is 6.88. The van der Waals surface area contributed by atoms with Crippen LogP contribution in [0.1, 0.15) is 44.0 Å². The van der Waals surface area contributed by atoms with Gasteiger partial charge in [-0.25, -0.2) is 0 Å². The molecule has 0 spiro atoms. The summed E-state index contributed by atoms with van der Waals surface area (Å²) in [6, 6.07) is 2.23. The molecule has 1 atom stereocenters. The topological polar surface area (TPSA) is 51.3 Å². The van der Waals surface area contributed by atoms with E-state index in [0.29, 0.717) is 6.54 Å². The van der Waals surface area contributed by atoms with Gasteiger partial charge in [0, 0.05) is 31.0 Å². The van der Waals surface area contributed by atoms with Gasteiger partial charge in [0.25, 0.3) is 0 Å². The fourth-order valence-electron chi connectivity index (χ4n) is 2.76. The van der Waals surface area contributed by atoms with Crippen LogP contribution in [0.3, 0.4) is 0 Å². The Hall–Kier alpha value is -1.29. The molecular weight excluding hydrogens is 226 g/mol. The third-order valence-corrected chi connectivity index (χ3v) is 3.86. The van der Waals surface area contributed by atoms with E-state index >= 15 is 0 Å². The lowest BCUT2D eigenvalue weighted by atomic mass is 9.94. The summed E-state index contributed by atoms with van der Waals surface area (Å²) in [5.74, 6) is 0.192. The van der Waals surface area contributed by atoms with Crippen LogP contribution >= 0.6 is 0 Å². The van der Waals surface area contributed by atoms with Gasteiger partial charge in [-0.3, -0.25) is 4.79 Å². The van der Waals surface area contributed by atoms with Crippen molar-refractivity contribution in [3.8, 4) is 0 Å². The van der Waals surface area contributed by atoms with Crippen molar-refractivity contribution in [3.05, 3.63) is 23.5 Å². The van der Waals surface area contributed by atoms with Crippen molar-refractivity contribution in [2.45, 2.75) is 45.7 Å². The molecule has 2 rings (SSSR count). The summed E-state index contributed by atoms with van der Waals surface area (Å²) >= 11 is 0. The number of carbonyl (C=O) groups excluding carboxylic acids is 1. The largest absolute Gasteiger partial charge is 0.342 e. The summed E-state index contributed by atoms with van der Waals surface area (Å²) in [6.07, 6.45) is 5.23. The molecule has 4 nitrogen and oxygen atoms in total. The van der Waals surface area contributed by atoms with Crippen LogP contribution in [0.2, 0.25) is 0 Å². The number of hydrogen-bond acceptors (Lipinski definition) is 2. The SMILES string of the molecule is CCN(CC)C(=O)Cn1ccc2c1CCCC2N. The monoisotopic (exact) mass is 249 g/mol. The quantitative estimate of drug-likeness (QED) is 0.883. The van der Waals surface area contributed by atoms with Crippen LogP contribution in [-0.2, 0) is 17.8 Å². The van der Waals surface area contributed by atoms with Crippen LogP contribution in [0.5, 0.6) is 0 Å². The average molecular weight is 249 g/mol. The van der Waals surface area contributed by atoms with Gasteiger partial charge < -0.3 is 15.2 Å². The Morgan fingerprint density at radius 1 is 1.50 bits per heavy atom. The second-order valence-electron chi connectivity index (χ2n) is 4.91. The first kappa shape index (κ1) is 13.1. The Bertz CT molecular complexity index is 421. The first-order chi connectivity index (χ1) is 8.67. The van der Waals surface area contributed by atoms with Crippen molar-refractivity contribution in [3.63, 3.8) is 0 Å². The van der Waals surface area contributed by atoms with Gasteiger partial charge in [0.15, 0.2) is 0 Å². The summed E-state index contributed by atoms with van der Waals surface area (Å²) in [5, 5.41) is 0. The molecule has 0 radical (unpaired) electrons. The van der Waals surface area contributed by atoms with E-state index in [1.165, 1.54) is 11.3 Å². The van der Waals surface area contributed by atoms with Gasteiger partial charge in [0.2, 0.25) is 5.91 Å². The van der Waals surface area contributed by atoms with Crippen LogP contribution in [0.4, 0.5) is 0 Å². The van der Waals surface area contributed by atoms with E-state index in [2.05, 4.69) is 10.6 Å². The highest BCUT2D eigenvalue weighted by atomic mass is 16.2. The van der Waals surface area contributed by atoms with Gasteiger partial charge in [-0.1, -0.05) is 0 Å². The average Bonchev–Trinajstić information content (AvgIpc) is 2.76. The number of hydrogen-bond donors (Lipinski definition) is 1. The Kier molecular flexibility index (Phi) is 4.07. The number of amides is 1. The number of carbonyl (C=O) groups is 1. The van der Waals surface area contributed by atoms with Crippen molar-refractivity contribution in [2.75, 3.05) is 13.1 Å². The lowest BCUT2D eigenvalue weighted by Crippen LogP contribution is -2.34. The molecule has 1 unspecified atom stereocenters. The van der Waals surface area contributed by atoms with Crippen molar-refractivity contribution < 1.29 is 4.79 Å². The lowest BCUT2D eigenvalue weighted by molar-refractivity contribution is -0.131. The minimum atomic E-state index is 0.151. The summed E-state index contributed by atoms with van der Waals surface area (Å²) in [6.45, 7) is 6.03. The molecule has 4 heteroatoms. The summed E-state index contributed by atoms with van der Waals surface area (Å²) in [4.78, 5) is 14.0. The molecule has 100 valence electrons. The van der Waals surface area contributed by atoms with Gasteiger partial charge in [0.1, 0.15) is 6.54 Å². The maximum absolute atomic E-state index is 12.1. The molecule has 0 saturated heterocycles. The smallest absolute Gasteiger partial charge is 0.242 e. The predicted octanol–water partition coefficient (Wildman–Crippen LogP) is 1.69. The van der Waals surface area contributed by atoms with E-state index in [1.807, 2.05) is 24.9 Å². The molecular formula is C14H23N3O.